The highest BCUT2D eigenvalue weighted by Crippen LogP contribution is 2.28. The maximum atomic E-state index is 11.9. The van der Waals surface area contributed by atoms with E-state index in [0.29, 0.717) is 30.3 Å². The third kappa shape index (κ3) is 2.80. The molecule has 1 amide bonds. The van der Waals surface area contributed by atoms with Gasteiger partial charge in [0.05, 0.1) is 5.56 Å². The van der Waals surface area contributed by atoms with Gasteiger partial charge in [0.1, 0.15) is 11.3 Å². The summed E-state index contributed by atoms with van der Waals surface area (Å²) in [6.45, 7) is 1.21. The molecule has 0 saturated carbocycles. The van der Waals surface area contributed by atoms with Crippen LogP contribution in [0.5, 0.6) is 5.75 Å². The second-order valence-electron chi connectivity index (χ2n) is 4.70. The van der Waals surface area contributed by atoms with E-state index in [4.69, 9.17) is 4.42 Å². The van der Waals surface area contributed by atoms with Crippen LogP contribution in [0.1, 0.15) is 20.9 Å². The molecule has 0 unspecified atom stereocenters. The monoisotopic (exact) mass is 276 g/mol. The molecule has 106 valence electrons. The van der Waals surface area contributed by atoms with Gasteiger partial charge >= 0.3 is 0 Å². The minimum atomic E-state index is -0.348. The quantitative estimate of drug-likeness (QED) is 0.803. The van der Waals surface area contributed by atoms with Crippen molar-refractivity contribution in [3.63, 3.8) is 0 Å². The van der Waals surface area contributed by atoms with E-state index in [-0.39, 0.29) is 23.0 Å². The molecule has 0 fully saturated rings. The molecule has 0 spiro atoms. The minimum Gasteiger partial charge on any atom is -0.507 e. The van der Waals surface area contributed by atoms with Gasteiger partial charge in [-0.3, -0.25) is 9.59 Å². The summed E-state index contributed by atoms with van der Waals surface area (Å²) in [7, 11) is 3.82. The van der Waals surface area contributed by atoms with Crippen LogP contribution in [0.15, 0.2) is 22.6 Å². The van der Waals surface area contributed by atoms with Crippen molar-refractivity contribution in [2.75, 3.05) is 27.2 Å². The number of benzene rings is 1. The number of likely N-dealkylation sites (N-methyl/N-ethyl adjacent to an activating group) is 1. The van der Waals surface area contributed by atoms with Gasteiger partial charge in [0.15, 0.2) is 12.0 Å². The molecule has 20 heavy (non-hydrogen) atoms. The van der Waals surface area contributed by atoms with Crippen molar-refractivity contribution in [3.05, 3.63) is 29.5 Å². The zero-order valence-electron chi connectivity index (χ0n) is 11.3. The first-order chi connectivity index (χ1) is 9.52. The zero-order chi connectivity index (χ0) is 14.7. The van der Waals surface area contributed by atoms with Crippen molar-refractivity contribution in [2.24, 2.45) is 0 Å². The zero-order valence-corrected chi connectivity index (χ0v) is 11.3. The summed E-state index contributed by atoms with van der Waals surface area (Å²) in [5.74, 6) is -0.361. The van der Waals surface area contributed by atoms with Crippen molar-refractivity contribution < 1.29 is 19.1 Å². The lowest BCUT2D eigenvalue weighted by Crippen LogP contribution is -2.31. The predicted molar refractivity (Wildman–Crippen MR) is 74.2 cm³/mol. The normalized spacial score (nSPS) is 10.9. The average Bonchev–Trinajstić information content (AvgIpc) is 2.82. The van der Waals surface area contributed by atoms with Gasteiger partial charge in [-0.25, -0.2) is 0 Å². The Morgan fingerprint density at radius 1 is 1.45 bits per heavy atom. The summed E-state index contributed by atoms with van der Waals surface area (Å²) < 4.78 is 5.39. The van der Waals surface area contributed by atoms with Crippen molar-refractivity contribution in [1.82, 2.24) is 10.2 Å². The third-order valence-electron chi connectivity index (χ3n) is 2.91. The fraction of sp³-hybridized carbons (Fsp3) is 0.286. The first kappa shape index (κ1) is 14.1. The molecule has 2 aromatic rings. The van der Waals surface area contributed by atoms with Crippen LogP contribution >= 0.6 is 0 Å². The molecule has 6 heteroatoms. The Hall–Kier alpha value is -2.34. The maximum absolute atomic E-state index is 11.9. The smallest absolute Gasteiger partial charge is 0.287 e. The molecule has 0 aliphatic carbocycles. The summed E-state index contributed by atoms with van der Waals surface area (Å²) in [5, 5.41) is 12.7. The van der Waals surface area contributed by atoms with E-state index in [9.17, 15) is 14.7 Å². The van der Waals surface area contributed by atoms with Crippen LogP contribution in [0.25, 0.3) is 11.0 Å². The molecular formula is C14H16N2O4. The van der Waals surface area contributed by atoms with E-state index in [1.54, 1.807) is 0 Å². The fourth-order valence-electron chi connectivity index (χ4n) is 1.84. The number of phenolic OH excluding ortho intramolecular Hbond substituents is 1. The molecule has 0 aliphatic rings. The van der Waals surface area contributed by atoms with E-state index in [2.05, 4.69) is 5.32 Å². The lowest BCUT2D eigenvalue weighted by Gasteiger charge is -2.09. The molecule has 6 nitrogen and oxygen atoms in total. The second kappa shape index (κ2) is 5.75. The second-order valence-corrected chi connectivity index (χ2v) is 4.70. The molecule has 2 N–H and O–H groups in total. The maximum Gasteiger partial charge on any atom is 0.287 e. The molecule has 1 aromatic heterocycles. The highest BCUT2D eigenvalue weighted by molar-refractivity contribution is 6.03. The first-order valence-corrected chi connectivity index (χ1v) is 6.16. The van der Waals surface area contributed by atoms with Crippen LogP contribution in [-0.2, 0) is 0 Å². The van der Waals surface area contributed by atoms with Gasteiger partial charge in [-0.05, 0) is 32.3 Å². The van der Waals surface area contributed by atoms with E-state index in [1.807, 2.05) is 19.0 Å². The first-order valence-electron chi connectivity index (χ1n) is 6.16. The van der Waals surface area contributed by atoms with Gasteiger partial charge in [0.2, 0.25) is 0 Å². The number of carbonyl (C=O) groups excluding carboxylic acids is 2. The van der Waals surface area contributed by atoms with E-state index in [1.165, 1.54) is 18.2 Å². The predicted octanol–water partition coefficient (Wildman–Crippen LogP) is 1.24. The molecule has 1 aromatic carbocycles. The molecule has 0 radical (unpaired) electrons. The lowest BCUT2D eigenvalue weighted by molar-refractivity contribution is 0.0925. The minimum absolute atomic E-state index is 0.118. The summed E-state index contributed by atoms with van der Waals surface area (Å²) in [4.78, 5) is 24.8. The number of nitrogens with zero attached hydrogens (tertiary/aromatic N) is 1. The van der Waals surface area contributed by atoms with Gasteiger partial charge in [-0.2, -0.15) is 0 Å². The molecule has 1 heterocycles. The van der Waals surface area contributed by atoms with Crippen molar-refractivity contribution >= 4 is 23.2 Å². The van der Waals surface area contributed by atoms with E-state index in [0.717, 1.165) is 0 Å². The molecular weight excluding hydrogens is 260 g/mol. The SMILES string of the molecule is CN(C)CCNC(=O)c1cc2c(C=O)c(O)ccc2o1. The number of aromatic hydroxyl groups is 1. The Labute approximate surface area is 116 Å². The Morgan fingerprint density at radius 2 is 2.20 bits per heavy atom. The fourth-order valence-corrected chi connectivity index (χ4v) is 1.84. The number of aldehydes is 1. The summed E-state index contributed by atoms with van der Waals surface area (Å²) in [6, 6.07) is 4.35. The highest BCUT2D eigenvalue weighted by atomic mass is 16.3. The highest BCUT2D eigenvalue weighted by Gasteiger charge is 2.15. The standard InChI is InChI=1S/C14H16N2O4/c1-16(2)6-5-15-14(19)13-7-9-10(8-17)11(18)3-4-12(9)20-13/h3-4,7-8,18H,5-6H2,1-2H3,(H,15,19). The number of phenols is 1. The van der Waals surface area contributed by atoms with Crippen LogP contribution in [0.3, 0.4) is 0 Å². The Kier molecular flexibility index (Phi) is 4.05. The largest absolute Gasteiger partial charge is 0.507 e. The van der Waals surface area contributed by atoms with Crippen LogP contribution in [0.4, 0.5) is 0 Å². The van der Waals surface area contributed by atoms with Crippen molar-refractivity contribution in [1.29, 1.82) is 0 Å². The van der Waals surface area contributed by atoms with Gasteiger partial charge in [-0.15, -0.1) is 0 Å². The van der Waals surface area contributed by atoms with Crippen molar-refractivity contribution in [3.8, 4) is 5.75 Å². The topological polar surface area (TPSA) is 82.8 Å². The molecule has 0 saturated heterocycles. The van der Waals surface area contributed by atoms with Gasteiger partial charge in [0.25, 0.3) is 5.91 Å². The Bertz CT molecular complexity index is 646. The molecule has 0 atom stereocenters. The van der Waals surface area contributed by atoms with E-state index < -0.39 is 0 Å². The van der Waals surface area contributed by atoms with Crippen LogP contribution in [-0.4, -0.2) is 49.4 Å². The summed E-state index contributed by atoms with van der Waals surface area (Å²) >= 11 is 0. The molecule has 2 rings (SSSR count). The van der Waals surface area contributed by atoms with Gasteiger partial charge in [0, 0.05) is 18.5 Å². The van der Waals surface area contributed by atoms with Crippen LogP contribution < -0.4 is 5.32 Å². The number of rotatable bonds is 5. The number of hydrogen-bond acceptors (Lipinski definition) is 5. The molecule has 0 bridgehead atoms. The number of carbonyl (C=O) groups is 2. The number of nitrogens with one attached hydrogen (secondary N) is 1. The van der Waals surface area contributed by atoms with Crippen molar-refractivity contribution in [2.45, 2.75) is 0 Å². The van der Waals surface area contributed by atoms with E-state index >= 15 is 0 Å². The average molecular weight is 276 g/mol. The molecule has 0 aliphatic heterocycles. The third-order valence-corrected chi connectivity index (χ3v) is 2.91. The number of amides is 1. The number of fused-ring (bicyclic) bond motifs is 1. The van der Waals surface area contributed by atoms with Gasteiger partial charge < -0.3 is 19.7 Å². The number of hydrogen-bond donors (Lipinski definition) is 2. The Morgan fingerprint density at radius 3 is 2.85 bits per heavy atom. The summed E-state index contributed by atoms with van der Waals surface area (Å²) in [5.41, 5.74) is 0.515. The van der Waals surface area contributed by atoms with Crippen LogP contribution in [0.2, 0.25) is 0 Å². The van der Waals surface area contributed by atoms with Crippen LogP contribution in [0, 0.1) is 0 Å². The summed E-state index contributed by atoms with van der Waals surface area (Å²) in [6.07, 6.45) is 0.543. The lowest BCUT2D eigenvalue weighted by atomic mass is 10.1. The van der Waals surface area contributed by atoms with Gasteiger partial charge in [-0.1, -0.05) is 0 Å². The number of furan rings is 1. The Balaban J connectivity index is 2.23.